The zero-order chi connectivity index (χ0) is 66.2. The van der Waals surface area contributed by atoms with Crippen molar-refractivity contribution >= 4 is 0 Å². The molecule has 8 aromatic carbocycles. The van der Waals surface area contributed by atoms with Gasteiger partial charge >= 0.3 is 0 Å². The lowest BCUT2D eigenvalue weighted by Gasteiger charge is -2.40. The molecule has 0 aromatic heterocycles. The van der Waals surface area contributed by atoms with Crippen LogP contribution >= 0.6 is 0 Å². The highest BCUT2D eigenvalue weighted by Crippen LogP contribution is 2.57. The minimum atomic E-state index is -1.28. The maximum Gasteiger partial charge on any atom is 0.157 e. The molecule has 8 atom stereocenters. The molecule has 2 saturated carbocycles. The third kappa shape index (κ3) is 12.9. The van der Waals surface area contributed by atoms with Gasteiger partial charge in [-0.25, -0.2) is 0 Å². The Morgan fingerprint density at radius 2 is 0.554 bits per heavy atom. The van der Waals surface area contributed by atoms with E-state index in [4.69, 9.17) is 18.9 Å². The first-order chi connectivity index (χ1) is 43.4. The van der Waals surface area contributed by atoms with Crippen molar-refractivity contribution < 1.29 is 80.2 Å². The largest absolute Gasteiger partial charge is 0.507 e. The molecule has 3 aliphatic carbocycles. The first-order valence-electron chi connectivity index (χ1n) is 31.6. The van der Waals surface area contributed by atoms with Crippen molar-refractivity contribution in [1.29, 1.82) is 0 Å². The van der Waals surface area contributed by atoms with E-state index in [1.54, 1.807) is 48.5 Å². The summed E-state index contributed by atoms with van der Waals surface area (Å²) >= 11 is 0. The van der Waals surface area contributed by atoms with E-state index in [2.05, 4.69) is 41.5 Å². The number of phenolic OH excluding ortho intramolecular Hbond substituents is 12. The van der Waals surface area contributed by atoms with Gasteiger partial charge in [-0.05, 0) is 184 Å². The lowest BCUT2D eigenvalue weighted by Crippen LogP contribution is -2.34. The average molecular weight is 1250 g/mol. The highest BCUT2D eigenvalue weighted by atomic mass is 16.5. The molecule has 92 heavy (non-hydrogen) atoms. The Hall–Kier alpha value is -9.44. The number of fused-ring (bicyclic) bond motifs is 8. The van der Waals surface area contributed by atoms with Crippen LogP contribution in [0.5, 0.6) is 92.0 Å². The fraction of sp³-hybridized carbons (Fsp3) is 0.368. The van der Waals surface area contributed by atoms with Crippen molar-refractivity contribution in [3.8, 4) is 92.0 Å². The predicted octanol–water partition coefficient (Wildman–Crippen LogP) is 15.9. The lowest BCUT2D eigenvalue weighted by molar-refractivity contribution is 0.0551. The van der Waals surface area contributed by atoms with Gasteiger partial charge in [-0.1, -0.05) is 65.8 Å². The standard InChI is InChI=1S/C76H84O16/c1-37(2)89-67-29-59(81)47-25-51(67)74(44-14-18-58(80)66(88)24-44)52-27-49(60(82)30-68(52)90-38(3)4)72(42-12-16-56(78)64(86)22-42)54-28-50(62(84)32-70(54)92-46-20-40(6)34-76(9,10)36-46)73(43-13-17-57(79)65(87)23-43)53-26-48(71(47)41-11-15-55(77)63(85)21-41)61(83)31-69(53)91-45-19-39(5)33-75(7,8)35-45/h11-18,21-32,37-40,45-46,71-74,77-88H,19-20,33-36H2,1-10H3. The summed E-state index contributed by atoms with van der Waals surface area (Å²) in [6.07, 6.45) is 2.49. The van der Waals surface area contributed by atoms with Gasteiger partial charge in [0.15, 0.2) is 46.0 Å². The summed E-state index contributed by atoms with van der Waals surface area (Å²) in [5, 5.41) is 143. The molecule has 3 aliphatic rings. The van der Waals surface area contributed by atoms with Gasteiger partial charge in [-0.15, -0.1) is 0 Å². The summed E-state index contributed by atoms with van der Waals surface area (Å²) in [6, 6.07) is 29.9. The number of aromatic hydroxyl groups is 12. The van der Waals surface area contributed by atoms with Crippen LogP contribution in [0.3, 0.4) is 0 Å². The molecular formula is C76H84O16. The van der Waals surface area contributed by atoms with Crippen molar-refractivity contribution in [3.63, 3.8) is 0 Å². The smallest absolute Gasteiger partial charge is 0.157 e. The molecule has 0 saturated heterocycles. The molecule has 8 bridgehead atoms. The average Bonchev–Trinajstić information content (AvgIpc) is 0.757. The molecule has 0 amide bonds. The van der Waals surface area contributed by atoms with Crippen LogP contribution in [0.25, 0.3) is 0 Å². The van der Waals surface area contributed by atoms with Crippen molar-refractivity contribution in [2.24, 2.45) is 22.7 Å². The van der Waals surface area contributed by atoms with E-state index in [0.717, 1.165) is 12.8 Å². The number of phenols is 12. The Bertz CT molecular complexity index is 4110. The van der Waals surface area contributed by atoms with Gasteiger partial charge in [0.2, 0.25) is 0 Å². The van der Waals surface area contributed by atoms with Crippen LogP contribution < -0.4 is 18.9 Å². The molecule has 8 unspecified atom stereocenters. The van der Waals surface area contributed by atoms with Gasteiger partial charge in [-0.2, -0.15) is 0 Å². The predicted molar refractivity (Wildman–Crippen MR) is 349 cm³/mol. The van der Waals surface area contributed by atoms with Crippen LogP contribution in [-0.2, 0) is 0 Å². The summed E-state index contributed by atoms with van der Waals surface area (Å²) in [5.74, 6) is -8.73. The first kappa shape index (κ1) is 64.1. The van der Waals surface area contributed by atoms with E-state index in [9.17, 15) is 61.3 Å². The first-order valence-corrected chi connectivity index (χ1v) is 31.6. The highest BCUT2D eigenvalue weighted by molar-refractivity contribution is 5.69. The molecule has 11 rings (SSSR count). The maximum absolute atomic E-state index is 13.3. The van der Waals surface area contributed by atoms with E-state index in [0.29, 0.717) is 64.6 Å². The number of hydrogen-bond donors (Lipinski definition) is 12. The summed E-state index contributed by atoms with van der Waals surface area (Å²) in [6.45, 7) is 20.3. The topological polar surface area (TPSA) is 280 Å². The minimum Gasteiger partial charge on any atom is -0.507 e. The van der Waals surface area contributed by atoms with E-state index in [1.165, 1.54) is 72.8 Å². The maximum atomic E-state index is 13.3. The van der Waals surface area contributed by atoms with E-state index in [-0.39, 0.29) is 96.5 Å². The Morgan fingerprint density at radius 1 is 0.304 bits per heavy atom. The molecule has 16 heteroatoms. The normalized spacial score (nSPS) is 21.8. The van der Waals surface area contributed by atoms with Gasteiger partial charge in [0.05, 0.1) is 24.4 Å². The monoisotopic (exact) mass is 1250 g/mol. The van der Waals surface area contributed by atoms with E-state index < -0.39 is 94.1 Å². The van der Waals surface area contributed by atoms with Gasteiger partial charge in [-0.3, -0.25) is 0 Å². The highest BCUT2D eigenvalue weighted by Gasteiger charge is 2.41. The third-order valence-electron chi connectivity index (χ3n) is 18.5. The Morgan fingerprint density at radius 3 is 0.815 bits per heavy atom. The Kier molecular flexibility index (Phi) is 17.2. The second kappa shape index (κ2) is 24.6. The van der Waals surface area contributed by atoms with Crippen LogP contribution in [-0.4, -0.2) is 85.7 Å². The SMILES string of the molecule is CC1CC(Oc2cc(O)c3cc2C(c2ccc(O)c(O)c2)c2cc(c(OC4CC(C)CC(C)(C)C4)cc2O)C(c2ccc(O)c(O)c2)c2cc(c(OC(C)C)cc2O)C(c2ccc(O)c(O)c2)c2cc(c(O)cc2OC(C)C)C3c2ccc(O)c(O)c2)CC(C)(C)C1. The van der Waals surface area contributed by atoms with Crippen molar-refractivity contribution in [2.75, 3.05) is 0 Å². The zero-order valence-electron chi connectivity index (χ0n) is 53.6. The number of ether oxygens (including phenoxy) is 4. The van der Waals surface area contributed by atoms with Gasteiger partial charge in [0.25, 0.3) is 0 Å². The second-order valence-electron chi connectivity index (χ2n) is 28.2. The second-order valence-corrected chi connectivity index (χ2v) is 28.2. The molecule has 0 spiro atoms. The quantitative estimate of drug-likeness (QED) is 0.0507. The molecular weight excluding hydrogens is 1170 g/mol. The molecule has 8 aromatic rings. The Balaban J connectivity index is 1.37. The van der Waals surface area contributed by atoms with Gasteiger partial charge in [0.1, 0.15) is 46.0 Å². The van der Waals surface area contributed by atoms with Crippen LogP contribution in [0.15, 0.2) is 121 Å². The lowest BCUT2D eigenvalue weighted by atomic mass is 9.71. The third-order valence-corrected chi connectivity index (χ3v) is 18.5. The molecule has 2 fully saturated rings. The van der Waals surface area contributed by atoms with Gasteiger partial charge in [0, 0.05) is 92.4 Å². The summed E-state index contributed by atoms with van der Waals surface area (Å²) < 4.78 is 28.0. The Labute approximate surface area is 536 Å². The minimum absolute atomic E-state index is 0.118. The molecule has 0 aliphatic heterocycles. The summed E-state index contributed by atoms with van der Waals surface area (Å²) in [7, 11) is 0. The van der Waals surface area contributed by atoms with Gasteiger partial charge < -0.3 is 80.2 Å². The number of benzene rings is 8. The molecule has 0 radical (unpaired) electrons. The number of rotatable bonds is 12. The summed E-state index contributed by atoms with van der Waals surface area (Å²) in [4.78, 5) is 0. The fourth-order valence-corrected chi connectivity index (χ4v) is 15.2. The van der Waals surface area contributed by atoms with Crippen LogP contribution in [0.4, 0.5) is 0 Å². The van der Waals surface area contributed by atoms with Crippen molar-refractivity contribution in [2.45, 2.75) is 156 Å². The van der Waals surface area contributed by atoms with Crippen molar-refractivity contribution in [1.82, 2.24) is 0 Å². The van der Waals surface area contributed by atoms with Crippen LogP contribution in [0.2, 0.25) is 0 Å². The van der Waals surface area contributed by atoms with E-state index >= 15 is 0 Å². The molecule has 12 N–H and O–H groups in total. The number of hydrogen-bond acceptors (Lipinski definition) is 16. The van der Waals surface area contributed by atoms with Crippen LogP contribution in [0.1, 0.15) is 198 Å². The summed E-state index contributed by atoms with van der Waals surface area (Å²) in [5.41, 5.74) is 2.85. The molecule has 484 valence electrons. The zero-order valence-corrected chi connectivity index (χ0v) is 53.6. The fourth-order valence-electron chi connectivity index (χ4n) is 15.2. The van der Waals surface area contributed by atoms with Crippen LogP contribution in [0, 0.1) is 22.7 Å². The molecule has 0 heterocycles. The molecule has 16 nitrogen and oxygen atoms in total. The van der Waals surface area contributed by atoms with Crippen molar-refractivity contribution in [3.05, 3.63) is 188 Å². The van der Waals surface area contributed by atoms with E-state index in [1.807, 2.05) is 27.7 Å².